The van der Waals surface area contributed by atoms with Crippen molar-refractivity contribution in [1.29, 1.82) is 0 Å². The summed E-state index contributed by atoms with van der Waals surface area (Å²) in [5.41, 5.74) is 1.18. The van der Waals surface area contributed by atoms with Gasteiger partial charge in [0.15, 0.2) is 0 Å². The summed E-state index contributed by atoms with van der Waals surface area (Å²) in [6, 6.07) is 2.04. The molecule has 0 aromatic carbocycles. The molecule has 0 spiro atoms. The van der Waals surface area contributed by atoms with Crippen molar-refractivity contribution in [3.8, 4) is 0 Å². The third kappa shape index (κ3) is 1.79. The summed E-state index contributed by atoms with van der Waals surface area (Å²) in [5, 5.41) is 3.22. The Hall–Kier alpha value is -1.71. The van der Waals surface area contributed by atoms with Crippen LogP contribution < -0.4 is 5.32 Å². The predicted molar refractivity (Wildman–Crippen MR) is 54.1 cm³/mol. The van der Waals surface area contributed by atoms with Crippen LogP contribution in [-0.4, -0.2) is 9.97 Å². The maximum absolute atomic E-state index is 5.42. The van der Waals surface area contributed by atoms with Crippen molar-refractivity contribution in [2.45, 2.75) is 20.4 Å². The van der Waals surface area contributed by atoms with Crippen molar-refractivity contribution >= 4 is 5.82 Å². The highest BCUT2D eigenvalue weighted by molar-refractivity contribution is 5.33. The molecule has 2 aromatic heterocycles. The van der Waals surface area contributed by atoms with Gasteiger partial charge in [0, 0.05) is 12.1 Å². The fraction of sp³-hybridized carbons (Fsp3) is 0.300. The SMILES string of the molecule is Cc1cc(CNc2cnc[nH]2)c(C)o1. The summed E-state index contributed by atoms with van der Waals surface area (Å²) in [4.78, 5) is 6.90. The van der Waals surface area contributed by atoms with Crippen LogP contribution in [0.2, 0.25) is 0 Å². The quantitative estimate of drug-likeness (QED) is 0.782. The van der Waals surface area contributed by atoms with Crippen LogP contribution in [0.5, 0.6) is 0 Å². The number of aromatic nitrogens is 2. The Kier molecular flexibility index (Phi) is 2.26. The van der Waals surface area contributed by atoms with Crippen molar-refractivity contribution in [2.24, 2.45) is 0 Å². The van der Waals surface area contributed by atoms with E-state index in [1.807, 2.05) is 19.9 Å². The number of furan rings is 1. The minimum atomic E-state index is 0.755. The van der Waals surface area contributed by atoms with Gasteiger partial charge in [-0.2, -0.15) is 0 Å². The van der Waals surface area contributed by atoms with Crippen molar-refractivity contribution in [3.05, 3.63) is 35.7 Å². The third-order valence-corrected chi connectivity index (χ3v) is 2.11. The first-order valence-corrected chi connectivity index (χ1v) is 4.54. The Morgan fingerprint density at radius 3 is 2.93 bits per heavy atom. The van der Waals surface area contributed by atoms with Gasteiger partial charge >= 0.3 is 0 Å². The molecule has 0 bridgehead atoms. The molecule has 0 fully saturated rings. The molecule has 4 heteroatoms. The van der Waals surface area contributed by atoms with Crippen LogP contribution >= 0.6 is 0 Å². The van der Waals surface area contributed by atoms with Crippen molar-refractivity contribution in [3.63, 3.8) is 0 Å². The number of hydrogen-bond donors (Lipinski definition) is 2. The molecule has 0 atom stereocenters. The van der Waals surface area contributed by atoms with E-state index in [4.69, 9.17) is 4.42 Å². The average molecular weight is 191 g/mol. The van der Waals surface area contributed by atoms with Crippen molar-refractivity contribution in [2.75, 3.05) is 5.32 Å². The highest BCUT2D eigenvalue weighted by Gasteiger charge is 2.03. The van der Waals surface area contributed by atoms with Gasteiger partial charge < -0.3 is 14.7 Å². The maximum Gasteiger partial charge on any atom is 0.123 e. The topological polar surface area (TPSA) is 53.9 Å². The summed E-state index contributed by atoms with van der Waals surface area (Å²) in [6.07, 6.45) is 3.40. The lowest BCUT2D eigenvalue weighted by atomic mass is 10.2. The van der Waals surface area contributed by atoms with E-state index in [-0.39, 0.29) is 0 Å². The van der Waals surface area contributed by atoms with E-state index < -0.39 is 0 Å². The molecule has 2 aromatic rings. The number of aromatic amines is 1. The number of hydrogen-bond acceptors (Lipinski definition) is 3. The number of imidazole rings is 1. The Morgan fingerprint density at radius 1 is 1.50 bits per heavy atom. The second-order valence-corrected chi connectivity index (χ2v) is 3.26. The van der Waals surface area contributed by atoms with Gasteiger partial charge in [-0.1, -0.05) is 0 Å². The second kappa shape index (κ2) is 3.57. The van der Waals surface area contributed by atoms with Crippen LogP contribution in [0.4, 0.5) is 5.82 Å². The fourth-order valence-electron chi connectivity index (χ4n) is 1.40. The zero-order valence-corrected chi connectivity index (χ0v) is 8.29. The van der Waals surface area contributed by atoms with Gasteiger partial charge in [-0.15, -0.1) is 0 Å². The Bertz CT molecular complexity index is 403. The first-order valence-electron chi connectivity index (χ1n) is 4.54. The molecule has 2 rings (SSSR count). The van der Waals surface area contributed by atoms with Gasteiger partial charge in [0.2, 0.25) is 0 Å². The number of nitrogens with one attached hydrogen (secondary N) is 2. The summed E-state index contributed by atoms with van der Waals surface area (Å²) in [7, 11) is 0. The fourth-order valence-corrected chi connectivity index (χ4v) is 1.40. The zero-order chi connectivity index (χ0) is 9.97. The van der Waals surface area contributed by atoms with Gasteiger partial charge in [-0.3, -0.25) is 0 Å². The Balaban J connectivity index is 2.01. The number of nitrogens with zero attached hydrogens (tertiary/aromatic N) is 1. The smallest absolute Gasteiger partial charge is 0.123 e. The molecule has 74 valence electrons. The largest absolute Gasteiger partial charge is 0.466 e. The molecule has 2 N–H and O–H groups in total. The van der Waals surface area contributed by atoms with Crippen LogP contribution in [-0.2, 0) is 6.54 Å². The number of aryl methyl sites for hydroxylation is 2. The van der Waals surface area contributed by atoms with Crippen LogP contribution in [0.3, 0.4) is 0 Å². The molecule has 0 amide bonds. The normalized spacial score (nSPS) is 10.4. The highest BCUT2D eigenvalue weighted by Crippen LogP contribution is 2.14. The van der Waals surface area contributed by atoms with Crippen molar-refractivity contribution < 1.29 is 4.42 Å². The second-order valence-electron chi connectivity index (χ2n) is 3.26. The number of H-pyrrole nitrogens is 1. The van der Waals surface area contributed by atoms with Crippen LogP contribution in [0, 0.1) is 13.8 Å². The van der Waals surface area contributed by atoms with E-state index in [9.17, 15) is 0 Å². The Morgan fingerprint density at radius 2 is 2.36 bits per heavy atom. The van der Waals surface area contributed by atoms with E-state index in [0.717, 1.165) is 23.9 Å². The zero-order valence-electron chi connectivity index (χ0n) is 8.29. The molecule has 0 unspecified atom stereocenters. The minimum absolute atomic E-state index is 0.755. The summed E-state index contributed by atoms with van der Waals surface area (Å²) in [6.45, 7) is 4.68. The van der Waals surface area contributed by atoms with Gasteiger partial charge in [-0.05, 0) is 19.9 Å². The van der Waals surface area contributed by atoms with Gasteiger partial charge in [-0.25, -0.2) is 4.98 Å². The first kappa shape index (κ1) is 8.87. The molecule has 2 heterocycles. The monoisotopic (exact) mass is 191 g/mol. The van der Waals surface area contributed by atoms with E-state index >= 15 is 0 Å². The molecule has 0 aliphatic carbocycles. The highest BCUT2D eigenvalue weighted by atomic mass is 16.3. The predicted octanol–water partition coefficient (Wildman–Crippen LogP) is 2.23. The summed E-state index contributed by atoms with van der Waals surface area (Å²) >= 11 is 0. The Labute approximate surface area is 82.4 Å². The van der Waals surface area contributed by atoms with Crippen LogP contribution in [0.15, 0.2) is 23.0 Å². The van der Waals surface area contributed by atoms with Crippen molar-refractivity contribution in [1.82, 2.24) is 9.97 Å². The molecule has 0 saturated carbocycles. The van der Waals surface area contributed by atoms with E-state index in [1.165, 1.54) is 5.56 Å². The number of rotatable bonds is 3. The average Bonchev–Trinajstić information content (AvgIpc) is 2.72. The minimum Gasteiger partial charge on any atom is -0.466 e. The molecule has 0 aliphatic heterocycles. The van der Waals surface area contributed by atoms with E-state index in [0.29, 0.717) is 0 Å². The standard InChI is InChI=1S/C10H13N3O/c1-7-3-9(8(2)14-7)4-12-10-5-11-6-13-10/h3,5-6,12H,4H2,1-2H3,(H,11,13). The molecule has 14 heavy (non-hydrogen) atoms. The van der Waals surface area contributed by atoms with Crippen LogP contribution in [0.25, 0.3) is 0 Å². The number of anilines is 1. The van der Waals surface area contributed by atoms with E-state index in [2.05, 4.69) is 15.3 Å². The molecule has 0 saturated heterocycles. The van der Waals surface area contributed by atoms with Gasteiger partial charge in [0.1, 0.15) is 17.3 Å². The van der Waals surface area contributed by atoms with E-state index in [1.54, 1.807) is 12.5 Å². The van der Waals surface area contributed by atoms with Crippen LogP contribution in [0.1, 0.15) is 17.1 Å². The molecule has 0 aliphatic rings. The summed E-state index contributed by atoms with van der Waals surface area (Å²) < 4.78 is 5.42. The van der Waals surface area contributed by atoms with Gasteiger partial charge in [0.25, 0.3) is 0 Å². The maximum atomic E-state index is 5.42. The lowest BCUT2D eigenvalue weighted by molar-refractivity contribution is 0.501. The molecule has 4 nitrogen and oxygen atoms in total. The molecular formula is C10H13N3O. The lowest BCUT2D eigenvalue weighted by Gasteiger charge is -2.00. The molecular weight excluding hydrogens is 178 g/mol. The van der Waals surface area contributed by atoms with Gasteiger partial charge in [0.05, 0.1) is 12.5 Å². The first-order chi connectivity index (χ1) is 6.75. The third-order valence-electron chi connectivity index (χ3n) is 2.11. The lowest BCUT2D eigenvalue weighted by Crippen LogP contribution is -1.99. The summed E-state index contributed by atoms with van der Waals surface area (Å²) in [5.74, 6) is 2.83. The molecule has 0 radical (unpaired) electrons.